The van der Waals surface area contributed by atoms with Crippen LogP contribution in [0.15, 0.2) is 41.3 Å². The highest BCUT2D eigenvalue weighted by molar-refractivity contribution is 7.89. The lowest BCUT2D eigenvalue weighted by atomic mass is 10.0. The lowest BCUT2D eigenvalue weighted by molar-refractivity contribution is -0.274. The molecule has 0 aliphatic carbocycles. The zero-order valence-electron chi connectivity index (χ0n) is 16.9. The molecule has 2 aromatic rings. The van der Waals surface area contributed by atoms with Crippen molar-refractivity contribution in [1.29, 1.82) is 0 Å². The lowest BCUT2D eigenvalue weighted by Crippen LogP contribution is -2.36. The van der Waals surface area contributed by atoms with Crippen molar-refractivity contribution in [3.8, 4) is 5.75 Å². The van der Waals surface area contributed by atoms with Crippen LogP contribution in [0.3, 0.4) is 0 Å². The Morgan fingerprint density at radius 1 is 1.00 bits per heavy atom. The van der Waals surface area contributed by atoms with E-state index in [9.17, 15) is 26.4 Å². The summed E-state index contributed by atoms with van der Waals surface area (Å²) >= 11 is 6.24. The number of benzene rings is 2. The summed E-state index contributed by atoms with van der Waals surface area (Å²) in [5.74, 6) is -0.874. The topological polar surface area (TPSA) is 66.9 Å². The molecular formula is C21H20ClF3N2O4S. The first-order valence-electron chi connectivity index (χ1n) is 10.1. The summed E-state index contributed by atoms with van der Waals surface area (Å²) in [5, 5.41) is 0.0968. The number of hydrogen-bond donors (Lipinski definition) is 0. The van der Waals surface area contributed by atoms with E-state index in [0.717, 1.165) is 18.9 Å². The number of rotatable bonds is 4. The monoisotopic (exact) mass is 488 g/mol. The van der Waals surface area contributed by atoms with Crippen LogP contribution in [-0.2, 0) is 16.4 Å². The number of halogens is 4. The van der Waals surface area contributed by atoms with Crippen molar-refractivity contribution >= 4 is 33.2 Å². The van der Waals surface area contributed by atoms with E-state index in [2.05, 4.69) is 4.74 Å². The summed E-state index contributed by atoms with van der Waals surface area (Å²) < 4.78 is 68.8. The van der Waals surface area contributed by atoms with Crippen LogP contribution < -0.4 is 9.64 Å². The quantitative estimate of drug-likeness (QED) is 0.630. The first-order valence-corrected chi connectivity index (χ1v) is 11.9. The standard InChI is InChI=1S/C21H20ClF3N2O4S/c22-18-7-6-16(32(29,30)26-9-1-2-10-26)13-17(18)20(28)27-11-3-4-14-12-15(5-8-19(14)27)31-21(23,24)25/h5-8,12-13H,1-4,9-11H2. The number of fused-ring (bicyclic) bond motifs is 1. The van der Waals surface area contributed by atoms with E-state index >= 15 is 0 Å². The fraction of sp³-hybridized carbons (Fsp3) is 0.381. The molecular weight excluding hydrogens is 469 g/mol. The summed E-state index contributed by atoms with van der Waals surface area (Å²) in [5.41, 5.74) is 0.998. The van der Waals surface area contributed by atoms with Crippen LogP contribution in [-0.4, -0.2) is 44.6 Å². The molecule has 0 spiro atoms. The number of alkyl halides is 3. The van der Waals surface area contributed by atoms with E-state index in [4.69, 9.17) is 11.6 Å². The number of carbonyl (C=O) groups is 1. The van der Waals surface area contributed by atoms with Gasteiger partial charge in [0.05, 0.1) is 15.5 Å². The molecule has 0 aromatic heterocycles. The lowest BCUT2D eigenvalue weighted by Gasteiger charge is -2.30. The van der Waals surface area contributed by atoms with Gasteiger partial charge < -0.3 is 9.64 Å². The summed E-state index contributed by atoms with van der Waals surface area (Å²) in [6.07, 6.45) is -2.25. The number of sulfonamides is 1. The molecule has 2 heterocycles. The summed E-state index contributed by atoms with van der Waals surface area (Å²) in [4.78, 5) is 14.7. The Labute approximate surface area is 188 Å². The number of nitrogens with zero attached hydrogens (tertiary/aromatic N) is 2. The number of carbonyl (C=O) groups excluding carboxylic acids is 1. The molecule has 0 N–H and O–H groups in total. The van der Waals surface area contributed by atoms with Gasteiger partial charge in [0.2, 0.25) is 10.0 Å². The Balaban J connectivity index is 1.66. The van der Waals surface area contributed by atoms with E-state index < -0.39 is 22.3 Å². The predicted molar refractivity (Wildman–Crippen MR) is 113 cm³/mol. The number of ether oxygens (including phenoxy) is 1. The maximum atomic E-state index is 13.3. The van der Waals surface area contributed by atoms with Gasteiger partial charge in [-0.25, -0.2) is 8.42 Å². The van der Waals surface area contributed by atoms with Gasteiger partial charge in [-0.15, -0.1) is 13.2 Å². The van der Waals surface area contributed by atoms with Crippen LogP contribution in [0.4, 0.5) is 18.9 Å². The molecule has 2 aliphatic heterocycles. The fourth-order valence-electron chi connectivity index (χ4n) is 4.03. The number of anilines is 1. The highest BCUT2D eigenvalue weighted by Crippen LogP contribution is 2.35. The van der Waals surface area contributed by atoms with Crippen LogP contribution in [0.2, 0.25) is 5.02 Å². The number of amides is 1. The zero-order valence-corrected chi connectivity index (χ0v) is 18.4. The minimum atomic E-state index is -4.81. The van der Waals surface area contributed by atoms with Gasteiger partial charge in [0.1, 0.15) is 5.75 Å². The van der Waals surface area contributed by atoms with Crippen molar-refractivity contribution in [2.75, 3.05) is 24.5 Å². The van der Waals surface area contributed by atoms with Crippen molar-refractivity contribution < 1.29 is 31.1 Å². The molecule has 1 amide bonds. The van der Waals surface area contributed by atoms with Crippen LogP contribution >= 0.6 is 11.6 Å². The third-order valence-corrected chi connectivity index (χ3v) is 7.74. The zero-order chi connectivity index (χ0) is 23.1. The van der Waals surface area contributed by atoms with Gasteiger partial charge in [0, 0.05) is 25.3 Å². The highest BCUT2D eigenvalue weighted by atomic mass is 35.5. The Morgan fingerprint density at radius 3 is 2.41 bits per heavy atom. The molecule has 11 heteroatoms. The molecule has 4 rings (SSSR count). The van der Waals surface area contributed by atoms with Crippen molar-refractivity contribution in [3.63, 3.8) is 0 Å². The van der Waals surface area contributed by atoms with Crippen LogP contribution in [0, 0.1) is 0 Å². The first-order chi connectivity index (χ1) is 15.1. The molecule has 1 fully saturated rings. The van der Waals surface area contributed by atoms with Crippen molar-refractivity contribution in [2.45, 2.75) is 36.9 Å². The molecule has 2 aromatic carbocycles. The van der Waals surface area contributed by atoms with E-state index in [1.165, 1.54) is 39.5 Å². The van der Waals surface area contributed by atoms with Crippen molar-refractivity contribution in [3.05, 3.63) is 52.5 Å². The second kappa shape index (κ2) is 8.57. The van der Waals surface area contributed by atoms with Crippen LogP contribution in [0.25, 0.3) is 0 Å². The average molecular weight is 489 g/mol. The smallest absolute Gasteiger partial charge is 0.406 e. The SMILES string of the molecule is O=C(c1cc(S(=O)(=O)N2CCCC2)ccc1Cl)N1CCCc2cc(OC(F)(F)F)ccc21. The van der Waals surface area contributed by atoms with Gasteiger partial charge >= 0.3 is 6.36 Å². The van der Waals surface area contributed by atoms with Crippen molar-refractivity contribution in [2.24, 2.45) is 0 Å². The molecule has 1 saturated heterocycles. The summed E-state index contributed by atoms with van der Waals surface area (Å²) in [6, 6.07) is 7.83. The Kier molecular flexibility index (Phi) is 6.12. The summed E-state index contributed by atoms with van der Waals surface area (Å²) in [6.45, 7) is 1.18. The number of hydrogen-bond acceptors (Lipinski definition) is 4. The first kappa shape index (κ1) is 22.9. The molecule has 0 radical (unpaired) electrons. The van der Waals surface area contributed by atoms with E-state index in [0.29, 0.717) is 43.7 Å². The predicted octanol–water partition coefficient (Wildman–Crippen LogP) is 4.62. The molecule has 0 bridgehead atoms. The van der Waals surface area contributed by atoms with Gasteiger partial charge in [-0.2, -0.15) is 4.31 Å². The fourth-order valence-corrected chi connectivity index (χ4v) is 5.78. The second-order valence-electron chi connectivity index (χ2n) is 7.65. The van der Waals surface area contributed by atoms with E-state index in [1.54, 1.807) is 0 Å². The van der Waals surface area contributed by atoms with Crippen LogP contribution in [0.1, 0.15) is 35.2 Å². The largest absolute Gasteiger partial charge is 0.573 e. The number of aryl methyl sites for hydroxylation is 1. The molecule has 2 aliphatic rings. The maximum Gasteiger partial charge on any atom is 0.573 e. The average Bonchev–Trinajstić information content (AvgIpc) is 3.27. The third-order valence-electron chi connectivity index (χ3n) is 5.52. The third kappa shape index (κ3) is 4.57. The minimum Gasteiger partial charge on any atom is -0.406 e. The van der Waals surface area contributed by atoms with Gasteiger partial charge in [-0.05, 0) is 67.6 Å². The molecule has 0 saturated carbocycles. The van der Waals surface area contributed by atoms with Gasteiger partial charge in [-0.3, -0.25) is 4.79 Å². The molecule has 0 unspecified atom stereocenters. The van der Waals surface area contributed by atoms with Crippen LogP contribution in [0.5, 0.6) is 5.75 Å². The van der Waals surface area contributed by atoms with Gasteiger partial charge in [0.25, 0.3) is 5.91 Å². The van der Waals surface area contributed by atoms with Gasteiger partial charge in [-0.1, -0.05) is 11.6 Å². The highest BCUT2D eigenvalue weighted by Gasteiger charge is 2.33. The Hall–Kier alpha value is -2.30. The molecule has 6 nitrogen and oxygen atoms in total. The Morgan fingerprint density at radius 2 is 1.72 bits per heavy atom. The normalized spacial score (nSPS) is 17.3. The minimum absolute atomic E-state index is 0.0155. The Bertz CT molecular complexity index is 1150. The van der Waals surface area contributed by atoms with Gasteiger partial charge in [0.15, 0.2) is 0 Å². The molecule has 0 atom stereocenters. The van der Waals surface area contributed by atoms with E-state index in [1.807, 2.05) is 0 Å². The second-order valence-corrected chi connectivity index (χ2v) is 10.00. The van der Waals surface area contributed by atoms with Crippen molar-refractivity contribution in [1.82, 2.24) is 4.31 Å². The molecule has 172 valence electrons. The maximum absolute atomic E-state index is 13.3. The molecule has 32 heavy (non-hydrogen) atoms. The van der Waals surface area contributed by atoms with E-state index in [-0.39, 0.29) is 21.2 Å². The summed E-state index contributed by atoms with van der Waals surface area (Å²) in [7, 11) is -3.74.